The lowest BCUT2D eigenvalue weighted by Gasteiger charge is -2.26. The highest BCUT2D eigenvalue weighted by Gasteiger charge is 2.39. The molecule has 4 nitrogen and oxygen atoms in total. The molecule has 1 aliphatic rings. The molecule has 2 heterocycles. The van der Waals surface area contributed by atoms with Gasteiger partial charge in [0.15, 0.2) is 0 Å². The number of nitrogens with zero attached hydrogens (tertiary/aromatic N) is 1. The summed E-state index contributed by atoms with van der Waals surface area (Å²) in [4.78, 5) is 15.5. The number of carbonyl (C=O) groups is 1. The van der Waals surface area contributed by atoms with E-state index in [0.717, 1.165) is 31.6 Å². The van der Waals surface area contributed by atoms with Crippen molar-refractivity contribution in [2.75, 3.05) is 11.9 Å². The molecule has 1 unspecified atom stereocenters. The van der Waals surface area contributed by atoms with Crippen LogP contribution in [0.5, 0.6) is 0 Å². The van der Waals surface area contributed by atoms with Crippen LogP contribution in [0.15, 0.2) is 18.3 Å². The summed E-state index contributed by atoms with van der Waals surface area (Å²) in [6, 6.07) is 2.07. The summed E-state index contributed by atoms with van der Waals surface area (Å²) in [7, 11) is 0. The molecule has 0 aliphatic carbocycles. The topological polar surface area (TPSA) is 54.0 Å². The second kappa shape index (κ2) is 5.40. The van der Waals surface area contributed by atoms with Crippen LogP contribution < -0.4 is 10.6 Å². The number of anilines is 1. The molecule has 7 heteroatoms. The summed E-state index contributed by atoms with van der Waals surface area (Å²) < 4.78 is 37.2. The standard InChI is InChI=1S/C13H16F3N3O/c1-2-12(6-3-7-18-12)11(20)19-9-4-5-10(17-8-9)13(14,15)16/h4-5,8,18H,2-3,6-7H2,1H3,(H,19,20). The molecule has 2 N–H and O–H groups in total. The number of alkyl halides is 3. The monoisotopic (exact) mass is 287 g/mol. The van der Waals surface area contributed by atoms with E-state index in [2.05, 4.69) is 15.6 Å². The Morgan fingerprint density at radius 1 is 1.50 bits per heavy atom. The van der Waals surface area contributed by atoms with Crippen LogP contribution in [0.4, 0.5) is 18.9 Å². The maximum absolute atomic E-state index is 12.4. The average molecular weight is 287 g/mol. The van der Waals surface area contributed by atoms with Crippen molar-refractivity contribution in [1.82, 2.24) is 10.3 Å². The van der Waals surface area contributed by atoms with E-state index in [1.807, 2.05) is 6.92 Å². The van der Waals surface area contributed by atoms with Crippen molar-refractivity contribution < 1.29 is 18.0 Å². The molecule has 20 heavy (non-hydrogen) atoms. The van der Waals surface area contributed by atoms with Crippen LogP contribution >= 0.6 is 0 Å². The van der Waals surface area contributed by atoms with Gasteiger partial charge in [0.25, 0.3) is 0 Å². The minimum Gasteiger partial charge on any atom is -0.323 e. The molecule has 110 valence electrons. The fourth-order valence-corrected chi connectivity index (χ4v) is 2.35. The summed E-state index contributed by atoms with van der Waals surface area (Å²) in [6.07, 6.45) is -1.18. The number of nitrogens with one attached hydrogen (secondary N) is 2. The fourth-order valence-electron chi connectivity index (χ4n) is 2.35. The van der Waals surface area contributed by atoms with Gasteiger partial charge in [0.05, 0.1) is 17.4 Å². The van der Waals surface area contributed by atoms with Gasteiger partial charge in [0, 0.05) is 0 Å². The summed E-state index contributed by atoms with van der Waals surface area (Å²) in [5.41, 5.74) is -1.33. The fraction of sp³-hybridized carbons (Fsp3) is 0.538. The smallest absolute Gasteiger partial charge is 0.323 e. The molecule has 0 spiro atoms. The lowest BCUT2D eigenvalue weighted by atomic mass is 9.93. The highest BCUT2D eigenvalue weighted by Crippen LogP contribution is 2.28. The zero-order valence-corrected chi connectivity index (χ0v) is 11.0. The molecule has 1 aliphatic heterocycles. The molecule has 0 bridgehead atoms. The first kappa shape index (κ1) is 14.8. The third kappa shape index (κ3) is 2.92. The molecule has 1 amide bonds. The number of rotatable bonds is 3. The van der Waals surface area contributed by atoms with Crippen LogP contribution in [0.25, 0.3) is 0 Å². The van der Waals surface area contributed by atoms with Gasteiger partial charge in [0.1, 0.15) is 5.69 Å². The van der Waals surface area contributed by atoms with Crippen molar-refractivity contribution in [3.63, 3.8) is 0 Å². The minimum absolute atomic E-state index is 0.223. The molecular formula is C13H16F3N3O. The zero-order chi connectivity index (χ0) is 14.8. The molecule has 1 aromatic heterocycles. The summed E-state index contributed by atoms with van der Waals surface area (Å²) in [5, 5.41) is 5.79. The summed E-state index contributed by atoms with van der Waals surface area (Å²) >= 11 is 0. The maximum atomic E-state index is 12.4. The number of carbonyl (C=O) groups excluding carboxylic acids is 1. The first-order valence-corrected chi connectivity index (χ1v) is 6.47. The first-order valence-electron chi connectivity index (χ1n) is 6.47. The largest absolute Gasteiger partial charge is 0.433 e. The van der Waals surface area contributed by atoms with E-state index in [1.54, 1.807) is 0 Å². The van der Waals surface area contributed by atoms with Crippen molar-refractivity contribution in [3.8, 4) is 0 Å². The van der Waals surface area contributed by atoms with Gasteiger partial charge in [0.2, 0.25) is 5.91 Å². The van der Waals surface area contributed by atoms with E-state index in [-0.39, 0.29) is 11.6 Å². The highest BCUT2D eigenvalue weighted by molar-refractivity contribution is 5.98. The van der Waals surface area contributed by atoms with Crippen molar-refractivity contribution in [3.05, 3.63) is 24.0 Å². The van der Waals surface area contributed by atoms with Crippen LogP contribution in [0, 0.1) is 0 Å². The molecule has 0 radical (unpaired) electrons. The predicted molar refractivity (Wildman–Crippen MR) is 68.1 cm³/mol. The molecule has 0 aromatic carbocycles. The maximum Gasteiger partial charge on any atom is 0.433 e. The molecule has 0 saturated carbocycles. The summed E-state index contributed by atoms with van der Waals surface area (Å²) in [5.74, 6) is -0.223. The van der Waals surface area contributed by atoms with E-state index in [1.165, 1.54) is 6.07 Å². The molecule has 1 saturated heterocycles. The molecule has 1 aromatic rings. The van der Waals surface area contributed by atoms with Gasteiger partial charge in [-0.05, 0) is 37.9 Å². The predicted octanol–water partition coefficient (Wildman–Crippen LogP) is 2.57. The van der Waals surface area contributed by atoms with E-state index in [0.29, 0.717) is 6.42 Å². The van der Waals surface area contributed by atoms with E-state index >= 15 is 0 Å². The molecule has 1 atom stereocenters. The molecule has 1 fully saturated rings. The van der Waals surface area contributed by atoms with E-state index in [4.69, 9.17) is 0 Å². The number of amides is 1. The number of aromatic nitrogens is 1. The van der Waals surface area contributed by atoms with Gasteiger partial charge in [-0.1, -0.05) is 6.92 Å². The molecule has 2 rings (SSSR count). The lowest BCUT2D eigenvalue weighted by molar-refractivity contribution is -0.141. The van der Waals surface area contributed by atoms with Gasteiger partial charge in [-0.25, -0.2) is 4.98 Å². The van der Waals surface area contributed by atoms with Gasteiger partial charge in [-0.3, -0.25) is 4.79 Å². The Bertz CT molecular complexity index is 479. The van der Waals surface area contributed by atoms with Crippen molar-refractivity contribution >= 4 is 11.6 Å². The Morgan fingerprint density at radius 3 is 2.70 bits per heavy atom. The number of hydrogen-bond acceptors (Lipinski definition) is 3. The average Bonchev–Trinajstić information content (AvgIpc) is 2.88. The zero-order valence-electron chi connectivity index (χ0n) is 11.0. The summed E-state index contributed by atoms with van der Waals surface area (Å²) in [6.45, 7) is 2.68. The first-order chi connectivity index (χ1) is 9.37. The Kier molecular flexibility index (Phi) is 3.99. The van der Waals surface area contributed by atoms with Crippen LogP contribution in [0.1, 0.15) is 31.9 Å². The second-order valence-electron chi connectivity index (χ2n) is 4.85. The van der Waals surface area contributed by atoms with Crippen LogP contribution in [0.3, 0.4) is 0 Å². The van der Waals surface area contributed by atoms with Gasteiger partial charge >= 0.3 is 6.18 Å². The van der Waals surface area contributed by atoms with Crippen LogP contribution in [-0.4, -0.2) is 23.0 Å². The van der Waals surface area contributed by atoms with E-state index < -0.39 is 17.4 Å². The van der Waals surface area contributed by atoms with Gasteiger partial charge in [-0.2, -0.15) is 13.2 Å². The van der Waals surface area contributed by atoms with Crippen LogP contribution in [0.2, 0.25) is 0 Å². The highest BCUT2D eigenvalue weighted by atomic mass is 19.4. The Balaban J connectivity index is 2.08. The second-order valence-corrected chi connectivity index (χ2v) is 4.85. The van der Waals surface area contributed by atoms with Gasteiger partial charge in [-0.15, -0.1) is 0 Å². The van der Waals surface area contributed by atoms with Crippen molar-refractivity contribution in [1.29, 1.82) is 0 Å². The third-order valence-electron chi connectivity index (χ3n) is 3.59. The number of pyridine rings is 1. The lowest BCUT2D eigenvalue weighted by Crippen LogP contribution is -2.50. The normalized spacial score (nSPS) is 22.8. The van der Waals surface area contributed by atoms with E-state index in [9.17, 15) is 18.0 Å². The minimum atomic E-state index is -4.47. The quantitative estimate of drug-likeness (QED) is 0.898. The Morgan fingerprint density at radius 2 is 2.25 bits per heavy atom. The van der Waals surface area contributed by atoms with Crippen molar-refractivity contribution in [2.45, 2.75) is 37.9 Å². The SMILES string of the molecule is CCC1(C(=O)Nc2ccc(C(F)(F)F)nc2)CCCN1. The number of hydrogen-bond donors (Lipinski definition) is 2. The van der Waals surface area contributed by atoms with Crippen LogP contribution in [-0.2, 0) is 11.0 Å². The Labute approximate surface area is 114 Å². The third-order valence-corrected chi connectivity index (χ3v) is 3.59. The number of halogens is 3. The Hall–Kier alpha value is -1.63. The molecular weight excluding hydrogens is 271 g/mol. The van der Waals surface area contributed by atoms with Gasteiger partial charge < -0.3 is 10.6 Å². The van der Waals surface area contributed by atoms with Crippen molar-refractivity contribution in [2.24, 2.45) is 0 Å².